The number of rotatable bonds is 6. The number of carboxylic acids is 1. The number of hydrogen-bond acceptors (Lipinski definition) is 3. The van der Waals surface area contributed by atoms with Crippen LogP contribution < -0.4 is 4.72 Å². The first-order valence-electron chi connectivity index (χ1n) is 7.75. The van der Waals surface area contributed by atoms with Crippen LogP contribution in [0.4, 0.5) is 0 Å². The van der Waals surface area contributed by atoms with Gasteiger partial charge < -0.3 is 5.11 Å². The van der Waals surface area contributed by atoms with Gasteiger partial charge in [0.25, 0.3) is 10.2 Å². The van der Waals surface area contributed by atoms with Gasteiger partial charge in [-0.1, -0.05) is 0 Å². The van der Waals surface area contributed by atoms with Gasteiger partial charge in [-0.3, -0.25) is 4.79 Å². The van der Waals surface area contributed by atoms with Gasteiger partial charge in [0.1, 0.15) is 0 Å². The molecule has 0 saturated heterocycles. The van der Waals surface area contributed by atoms with Crippen LogP contribution in [0.15, 0.2) is 0 Å². The van der Waals surface area contributed by atoms with Crippen molar-refractivity contribution >= 4 is 16.2 Å². The van der Waals surface area contributed by atoms with Gasteiger partial charge >= 0.3 is 5.97 Å². The summed E-state index contributed by atoms with van der Waals surface area (Å²) in [4.78, 5) is 10.6. The average Bonchev–Trinajstić information content (AvgIpc) is 2.32. The summed E-state index contributed by atoms with van der Waals surface area (Å²) in [6.45, 7) is 0.0109. The Labute approximate surface area is 126 Å². The van der Waals surface area contributed by atoms with Crippen molar-refractivity contribution in [2.45, 2.75) is 50.5 Å². The highest BCUT2D eigenvalue weighted by Crippen LogP contribution is 2.55. The second-order valence-electron chi connectivity index (χ2n) is 7.27. The lowest BCUT2D eigenvalue weighted by atomic mass is 9.53. The van der Waals surface area contributed by atoms with Crippen molar-refractivity contribution in [3.8, 4) is 0 Å². The summed E-state index contributed by atoms with van der Waals surface area (Å²) >= 11 is 0. The third-order valence-corrected chi connectivity index (χ3v) is 7.13. The summed E-state index contributed by atoms with van der Waals surface area (Å²) in [5.41, 5.74) is -0.273. The third-order valence-electron chi connectivity index (χ3n) is 5.43. The molecule has 2 N–H and O–H groups in total. The Morgan fingerprint density at radius 1 is 1.19 bits per heavy atom. The Morgan fingerprint density at radius 3 is 2.10 bits per heavy atom. The number of nitrogens with one attached hydrogen (secondary N) is 1. The molecule has 0 spiro atoms. The Kier molecular flexibility index (Phi) is 3.78. The van der Waals surface area contributed by atoms with Crippen LogP contribution >= 0.6 is 0 Å². The average molecular weight is 316 g/mol. The zero-order valence-corrected chi connectivity index (χ0v) is 13.2. The first-order valence-corrected chi connectivity index (χ1v) is 9.19. The largest absolute Gasteiger partial charge is 0.481 e. The fourth-order valence-corrected chi connectivity index (χ4v) is 6.25. The lowest BCUT2D eigenvalue weighted by Crippen LogP contribution is -2.61. The standard InChI is InChI=1S/C14H24N2O4S/c1-16(3-2-13(17)18)21(19,20)15-14-7-10-4-11(8-14)6-12(5-10)9-14/h10-12,15H,2-9H2,1H3,(H,17,18). The van der Waals surface area contributed by atoms with Crippen molar-refractivity contribution in [1.82, 2.24) is 9.03 Å². The highest BCUT2D eigenvalue weighted by Gasteiger charge is 2.52. The van der Waals surface area contributed by atoms with Crippen LogP contribution in [0.1, 0.15) is 44.9 Å². The molecule has 4 aliphatic carbocycles. The van der Waals surface area contributed by atoms with Gasteiger partial charge in [-0.05, 0) is 56.3 Å². The summed E-state index contributed by atoms with van der Waals surface area (Å²) in [7, 11) is -2.15. The molecular weight excluding hydrogens is 292 g/mol. The van der Waals surface area contributed by atoms with Crippen LogP contribution in [0, 0.1) is 17.8 Å². The van der Waals surface area contributed by atoms with Crippen LogP contribution in [0.5, 0.6) is 0 Å². The molecule has 4 saturated carbocycles. The monoisotopic (exact) mass is 316 g/mol. The highest BCUT2D eigenvalue weighted by molar-refractivity contribution is 7.87. The van der Waals surface area contributed by atoms with E-state index in [2.05, 4.69) is 4.72 Å². The lowest BCUT2D eigenvalue weighted by molar-refractivity contribution is -0.137. The van der Waals surface area contributed by atoms with E-state index in [4.69, 9.17) is 5.11 Å². The molecule has 4 aliphatic rings. The summed E-state index contributed by atoms with van der Waals surface area (Å²) in [6, 6.07) is 0. The summed E-state index contributed by atoms with van der Waals surface area (Å²) in [5.74, 6) is 1.03. The van der Waals surface area contributed by atoms with Gasteiger partial charge in [0, 0.05) is 19.1 Å². The van der Waals surface area contributed by atoms with Gasteiger partial charge in [-0.2, -0.15) is 17.4 Å². The van der Waals surface area contributed by atoms with Crippen LogP contribution in [0.2, 0.25) is 0 Å². The van der Waals surface area contributed by atoms with Gasteiger partial charge in [-0.15, -0.1) is 0 Å². The molecule has 21 heavy (non-hydrogen) atoms. The number of aliphatic carboxylic acids is 1. The van der Waals surface area contributed by atoms with E-state index in [0.717, 1.165) is 23.6 Å². The number of hydrogen-bond donors (Lipinski definition) is 2. The predicted octanol–water partition coefficient (Wildman–Crippen LogP) is 1.20. The zero-order chi connectivity index (χ0) is 15.3. The van der Waals surface area contributed by atoms with Crippen molar-refractivity contribution < 1.29 is 18.3 Å². The normalized spacial score (nSPS) is 38.1. The third kappa shape index (κ3) is 3.10. The maximum atomic E-state index is 12.4. The zero-order valence-electron chi connectivity index (χ0n) is 12.4. The molecule has 0 aliphatic heterocycles. The van der Waals surface area contributed by atoms with Crippen LogP contribution in [-0.4, -0.2) is 42.9 Å². The van der Waals surface area contributed by atoms with E-state index in [1.54, 1.807) is 0 Å². The van der Waals surface area contributed by atoms with Crippen molar-refractivity contribution in [1.29, 1.82) is 0 Å². The van der Waals surface area contributed by atoms with E-state index >= 15 is 0 Å². The molecule has 4 fully saturated rings. The molecule has 0 aromatic rings. The quantitative estimate of drug-likeness (QED) is 0.771. The topological polar surface area (TPSA) is 86.7 Å². The van der Waals surface area contributed by atoms with Crippen LogP contribution in [-0.2, 0) is 15.0 Å². The Balaban J connectivity index is 1.69. The number of carbonyl (C=O) groups is 1. The molecule has 0 atom stereocenters. The lowest BCUT2D eigenvalue weighted by Gasteiger charge is -2.56. The molecule has 0 aromatic carbocycles. The minimum atomic E-state index is -3.60. The van der Waals surface area contributed by atoms with E-state index in [-0.39, 0.29) is 18.5 Å². The number of nitrogens with zero attached hydrogens (tertiary/aromatic N) is 1. The predicted molar refractivity (Wildman–Crippen MR) is 77.8 cm³/mol. The fourth-order valence-electron chi connectivity index (χ4n) is 4.96. The summed E-state index contributed by atoms with van der Waals surface area (Å²) in [5, 5.41) is 8.69. The molecule has 6 nitrogen and oxygen atoms in total. The molecule has 0 aromatic heterocycles. The molecule has 4 rings (SSSR count). The van der Waals surface area contributed by atoms with Gasteiger partial charge in [0.2, 0.25) is 0 Å². The van der Waals surface area contributed by atoms with Gasteiger partial charge in [-0.25, -0.2) is 0 Å². The molecule has 0 amide bonds. The summed E-state index contributed by atoms with van der Waals surface area (Å²) < 4.78 is 29.0. The maximum absolute atomic E-state index is 12.4. The minimum absolute atomic E-state index is 0.0109. The Morgan fingerprint density at radius 2 is 1.67 bits per heavy atom. The van der Waals surface area contributed by atoms with E-state index in [9.17, 15) is 13.2 Å². The van der Waals surface area contributed by atoms with E-state index < -0.39 is 16.2 Å². The van der Waals surface area contributed by atoms with Crippen molar-refractivity contribution in [3.05, 3.63) is 0 Å². The van der Waals surface area contributed by atoms with Crippen molar-refractivity contribution in [2.24, 2.45) is 17.8 Å². The molecule has 0 radical (unpaired) electrons. The van der Waals surface area contributed by atoms with E-state index in [1.165, 1.54) is 26.3 Å². The maximum Gasteiger partial charge on any atom is 0.304 e. The molecule has 0 unspecified atom stereocenters. The van der Waals surface area contributed by atoms with Crippen LogP contribution in [0.3, 0.4) is 0 Å². The second-order valence-corrected chi connectivity index (χ2v) is 9.05. The molecule has 7 heteroatoms. The molecule has 120 valence electrons. The number of carboxylic acid groups (broad SMARTS) is 1. The SMILES string of the molecule is CN(CCC(=O)O)S(=O)(=O)NC12CC3CC(CC(C3)C1)C2. The van der Waals surface area contributed by atoms with Crippen molar-refractivity contribution in [3.63, 3.8) is 0 Å². The first-order chi connectivity index (χ1) is 9.78. The fraction of sp³-hybridized carbons (Fsp3) is 0.929. The Hall–Kier alpha value is -0.660. The summed E-state index contributed by atoms with van der Waals surface area (Å²) in [6.07, 6.45) is 6.46. The van der Waals surface area contributed by atoms with Gasteiger partial charge in [0.05, 0.1) is 6.42 Å². The molecule has 4 bridgehead atoms. The van der Waals surface area contributed by atoms with Crippen molar-refractivity contribution in [2.75, 3.05) is 13.6 Å². The first kappa shape index (κ1) is 15.2. The molecule has 0 heterocycles. The highest BCUT2D eigenvalue weighted by atomic mass is 32.2. The van der Waals surface area contributed by atoms with E-state index in [0.29, 0.717) is 17.8 Å². The minimum Gasteiger partial charge on any atom is -0.481 e. The van der Waals surface area contributed by atoms with Crippen LogP contribution in [0.25, 0.3) is 0 Å². The van der Waals surface area contributed by atoms with E-state index in [1.807, 2.05) is 0 Å². The smallest absolute Gasteiger partial charge is 0.304 e. The second kappa shape index (κ2) is 5.21. The Bertz CT molecular complexity index is 496. The van der Waals surface area contributed by atoms with Gasteiger partial charge in [0.15, 0.2) is 0 Å². The molecular formula is C14H24N2O4S.